The summed E-state index contributed by atoms with van der Waals surface area (Å²) in [6.07, 6.45) is 70.9. The molecule has 0 fully saturated rings. The second kappa shape index (κ2) is 59.9. The van der Waals surface area contributed by atoms with Crippen molar-refractivity contribution in [2.75, 3.05) is 40.9 Å². The minimum absolute atomic E-state index is 0.0460. The Hall–Kier alpha value is -1.25. The Balaban J connectivity index is 4.94. The normalized spacial score (nSPS) is 13.6. The SMILES string of the molecule is CCCCCCCCCCCCC/C=C\C(OC(=O)CCCCCCCCCCCCCCC)C(COP(=O)(O)OCC[N+](C)(C)C)NC(=O)CCCCCCCCCCCCCCCCCCCCCCCCCCCCC. The standard InChI is InChI=1S/C69H137N2O7P/c1-7-10-13-16-19-22-25-28-29-30-31-32-33-34-35-36-37-38-39-40-41-44-46-49-52-55-58-61-68(72)70-66(65-77-79(74,75)76-64-63-71(4,5)6)67(60-57-54-51-48-45-42-26-23-20-17-14-11-8-2)78-69(73)62-59-56-53-50-47-43-27-24-21-18-15-12-9-3/h57,60,66-67H,7-56,58-59,61-65H2,1-6H3,(H-,70,72,74,75)/p+1/b60-57-. The number of hydrogen-bond donors (Lipinski definition) is 2. The summed E-state index contributed by atoms with van der Waals surface area (Å²) in [5, 5.41) is 3.08. The number of ether oxygens (including phenoxy) is 1. The lowest BCUT2D eigenvalue weighted by molar-refractivity contribution is -0.870. The third kappa shape index (κ3) is 61.1. The molecule has 0 heterocycles. The number of hydrogen-bond acceptors (Lipinski definition) is 6. The van der Waals surface area contributed by atoms with Gasteiger partial charge in [-0.3, -0.25) is 18.6 Å². The van der Waals surface area contributed by atoms with Crippen LogP contribution in [0.2, 0.25) is 0 Å². The van der Waals surface area contributed by atoms with Crippen molar-refractivity contribution in [2.24, 2.45) is 0 Å². The van der Waals surface area contributed by atoms with Crippen LogP contribution >= 0.6 is 7.82 Å². The van der Waals surface area contributed by atoms with Crippen LogP contribution in [0.25, 0.3) is 0 Å². The first-order valence-corrected chi connectivity index (χ1v) is 36.5. The molecule has 0 saturated carbocycles. The fourth-order valence-electron chi connectivity index (χ4n) is 10.8. The van der Waals surface area contributed by atoms with Gasteiger partial charge in [0.05, 0.1) is 33.8 Å². The Morgan fingerprint density at radius 1 is 0.430 bits per heavy atom. The third-order valence-corrected chi connectivity index (χ3v) is 17.2. The molecule has 470 valence electrons. The zero-order chi connectivity index (χ0) is 57.9. The summed E-state index contributed by atoms with van der Waals surface area (Å²) in [7, 11) is 1.52. The number of carbonyl (C=O) groups excluding carboxylic acids is 2. The van der Waals surface area contributed by atoms with Gasteiger partial charge in [-0.25, -0.2) is 4.57 Å². The minimum Gasteiger partial charge on any atom is -0.456 e. The molecule has 0 aromatic heterocycles. The van der Waals surface area contributed by atoms with Gasteiger partial charge in [0.2, 0.25) is 5.91 Å². The summed E-state index contributed by atoms with van der Waals surface area (Å²) in [4.78, 5) is 37.8. The first-order valence-electron chi connectivity index (χ1n) is 35.0. The molecule has 79 heavy (non-hydrogen) atoms. The fourth-order valence-corrected chi connectivity index (χ4v) is 11.6. The summed E-state index contributed by atoms with van der Waals surface area (Å²) < 4.78 is 30.8. The van der Waals surface area contributed by atoms with Crippen LogP contribution in [0.5, 0.6) is 0 Å². The molecule has 10 heteroatoms. The Morgan fingerprint density at radius 3 is 1.04 bits per heavy atom. The van der Waals surface area contributed by atoms with E-state index in [1.54, 1.807) is 0 Å². The molecule has 0 aliphatic carbocycles. The average Bonchev–Trinajstić information content (AvgIpc) is 3.41. The summed E-state index contributed by atoms with van der Waals surface area (Å²) >= 11 is 0. The molecule has 0 saturated heterocycles. The van der Waals surface area contributed by atoms with E-state index in [1.165, 1.54) is 276 Å². The topological polar surface area (TPSA) is 111 Å². The lowest BCUT2D eigenvalue weighted by Gasteiger charge is -2.27. The van der Waals surface area contributed by atoms with Crippen molar-refractivity contribution in [3.05, 3.63) is 12.2 Å². The number of nitrogens with one attached hydrogen (secondary N) is 1. The van der Waals surface area contributed by atoms with Gasteiger partial charge in [0, 0.05) is 12.8 Å². The Labute approximate surface area is 492 Å². The first kappa shape index (κ1) is 77.8. The quantitative estimate of drug-likeness (QED) is 0.0205. The van der Waals surface area contributed by atoms with Crippen molar-refractivity contribution in [3.63, 3.8) is 0 Å². The predicted octanol–water partition coefficient (Wildman–Crippen LogP) is 21.9. The van der Waals surface area contributed by atoms with Gasteiger partial charge in [-0.15, -0.1) is 0 Å². The van der Waals surface area contributed by atoms with E-state index in [1.807, 2.05) is 27.2 Å². The monoisotopic (exact) mass is 1140 g/mol. The zero-order valence-corrected chi connectivity index (χ0v) is 54.8. The Morgan fingerprint density at radius 2 is 0.722 bits per heavy atom. The maximum Gasteiger partial charge on any atom is 0.472 e. The van der Waals surface area contributed by atoms with Crippen LogP contribution in [-0.4, -0.2) is 74.3 Å². The van der Waals surface area contributed by atoms with Crippen molar-refractivity contribution in [3.8, 4) is 0 Å². The molecule has 3 atom stereocenters. The van der Waals surface area contributed by atoms with Gasteiger partial charge in [-0.05, 0) is 31.8 Å². The third-order valence-electron chi connectivity index (χ3n) is 16.2. The van der Waals surface area contributed by atoms with Gasteiger partial charge in [-0.2, -0.15) is 0 Å². The number of unbranched alkanes of at least 4 members (excludes halogenated alkanes) is 49. The van der Waals surface area contributed by atoms with Crippen LogP contribution in [0.1, 0.15) is 367 Å². The van der Waals surface area contributed by atoms with E-state index in [4.69, 9.17) is 13.8 Å². The summed E-state index contributed by atoms with van der Waals surface area (Å²) in [6.45, 7) is 7.08. The number of nitrogens with zero attached hydrogens (tertiary/aromatic N) is 1. The number of phosphoric acid groups is 1. The molecule has 0 aromatic carbocycles. The molecule has 0 radical (unpaired) electrons. The predicted molar refractivity (Wildman–Crippen MR) is 342 cm³/mol. The van der Waals surface area contributed by atoms with E-state index in [9.17, 15) is 19.0 Å². The van der Waals surface area contributed by atoms with Crippen molar-refractivity contribution in [1.29, 1.82) is 0 Å². The second-order valence-electron chi connectivity index (χ2n) is 25.4. The van der Waals surface area contributed by atoms with Gasteiger partial charge in [0.1, 0.15) is 19.3 Å². The van der Waals surface area contributed by atoms with Gasteiger partial charge in [0.25, 0.3) is 0 Å². The van der Waals surface area contributed by atoms with E-state index in [-0.39, 0.29) is 25.1 Å². The molecular weight excluding hydrogens is 1000 g/mol. The smallest absolute Gasteiger partial charge is 0.456 e. The molecular formula is C69H138N2O7P+. The van der Waals surface area contributed by atoms with Gasteiger partial charge in [0.15, 0.2) is 0 Å². The highest BCUT2D eigenvalue weighted by molar-refractivity contribution is 7.47. The van der Waals surface area contributed by atoms with Gasteiger partial charge in [-0.1, -0.05) is 335 Å². The molecule has 0 rings (SSSR count). The molecule has 2 N–H and O–H groups in total. The van der Waals surface area contributed by atoms with E-state index < -0.39 is 20.0 Å². The van der Waals surface area contributed by atoms with E-state index in [0.717, 1.165) is 57.8 Å². The van der Waals surface area contributed by atoms with Crippen LogP contribution in [0, 0.1) is 0 Å². The number of rotatable bonds is 65. The highest BCUT2D eigenvalue weighted by atomic mass is 31.2. The molecule has 0 aliphatic heterocycles. The maximum atomic E-state index is 13.6. The summed E-state index contributed by atoms with van der Waals surface area (Å²) in [5.74, 6) is -0.480. The van der Waals surface area contributed by atoms with Gasteiger partial charge < -0.3 is 19.4 Å². The largest absolute Gasteiger partial charge is 0.472 e. The summed E-state index contributed by atoms with van der Waals surface area (Å²) in [6, 6.07) is -0.840. The molecule has 0 aliphatic rings. The zero-order valence-electron chi connectivity index (χ0n) is 53.9. The number of quaternary nitrogens is 1. The van der Waals surface area contributed by atoms with Crippen molar-refractivity contribution in [2.45, 2.75) is 380 Å². The Bertz CT molecular complexity index is 1360. The fraction of sp³-hybridized carbons (Fsp3) is 0.942. The van der Waals surface area contributed by atoms with Crippen LogP contribution in [0.4, 0.5) is 0 Å². The number of carbonyl (C=O) groups is 2. The van der Waals surface area contributed by atoms with Crippen molar-refractivity contribution < 1.29 is 37.3 Å². The number of likely N-dealkylation sites (N-methyl/N-ethyl adjacent to an activating group) is 1. The van der Waals surface area contributed by atoms with Crippen molar-refractivity contribution >= 4 is 19.7 Å². The van der Waals surface area contributed by atoms with Crippen LogP contribution < -0.4 is 5.32 Å². The second-order valence-corrected chi connectivity index (χ2v) is 26.9. The molecule has 9 nitrogen and oxygen atoms in total. The number of esters is 1. The number of phosphoric ester groups is 1. The Kier molecular flexibility index (Phi) is 58.9. The maximum absolute atomic E-state index is 13.6. The lowest BCUT2D eigenvalue weighted by Crippen LogP contribution is -2.47. The minimum atomic E-state index is -4.44. The van der Waals surface area contributed by atoms with Crippen LogP contribution in [0.15, 0.2) is 12.2 Å². The van der Waals surface area contributed by atoms with Gasteiger partial charge >= 0.3 is 13.8 Å². The average molecular weight is 1140 g/mol. The van der Waals surface area contributed by atoms with Crippen LogP contribution in [-0.2, 0) is 27.9 Å². The lowest BCUT2D eigenvalue weighted by atomic mass is 10.0. The highest BCUT2D eigenvalue weighted by Gasteiger charge is 2.30. The summed E-state index contributed by atoms with van der Waals surface area (Å²) in [5.41, 5.74) is 0. The van der Waals surface area contributed by atoms with Crippen molar-refractivity contribution in [1.82, 2.24) is 5.32 Å². The van der Waals surface area contributed by atoms with Crippen LogP contribution in [0.3, 0.4) is 0 Å². The number of amides is 1. The molecule has 0 bridgehead atoms. The van der Waals surface area contributed by atoms with E-state index in [0.29, 0.717) is 23.9 Å². The molecule has 0 spiro atoms. The first-order chi connectivity index (χ1) is 38.4. The molecule has 1 amide bonds. The highest BCUT2D eigenvalue weighted by Crippen LogP contribution is 2.43. The molecule has 0 aromatic rings. The number of allylic oxidation sites excluding steroid dienone is 1. The van der Waals surface area contributed by atoms with E-state index >= 15 is 0 Å². The molecule has 3 unspecified atom stereocenters. The van der Waals surface area contributed by atoms with E-state index in [2.05, 4.69) is 32.2 Å².